The molecule has 2 heterocycles. The van der Waals surface area contributed by atoms with Crippen molar-refractivity contribution in [2.24, 2.45) is 5.92 Å². The van der Waals surface area contributed by atoms with Crippen LogP contribution in [0.3, 0.4) is 0 Å². The Morgan fingerprint density at radius 2 is 2.38 bits per heavy atom. The smallest absolute Gasteiger partial charge is 0.317 e. The molecule has 1 aromatic heterocycles. The molecule has 2 fully saturated rings. The third-order valence-corrected chi connectivity index (χ3v) is 4.03. The minimum atomic E-state index is -0.382. The minimum absolute atomic E-state index is 0.0369. The Morgan fingerprint density at radius 1 is 1.44 bits per heavy atom. The van der Waals surface area contributed by atoms with E-state index in [4.69, 9.17) is 4.74 Å². The Kier molecular flexibility index (Phi) is 2.20. The van der Waals surface area contributed by atoms with E-state index in [-0.39, 0.29) is 11.4 Å². The zero-order chi connectivity index (χ0) is 11.0. The monoisotopic (exact) mass is 217 g/mol. The van der Waals surface area contributed by atoms with Gasteiger partial charge in [-0.05, 0) is 24.5 Å². The second-order valence-electron chi connectivity index (χ2n) is 4.75. The van der Waals surface area contributed by atoms with Crippen LogP contribution < -0.4 is 0 Å². The maximum Gasteiger partial charge on any atom is 0.317 e. The molecule has 0 radical (unpaired) electrons. The van der Waals surface area contributed by atoms with E-state index >= 15 is 0 Å². The molecule has 1 aliphatic carbocycles. The van der Waals surface area contributed by atoms with Gasteiger partial charge in [0.15, 0.2) is 0 Å². The molecule has 2 atom stereocenters. The molecule has 84 valence electrons. The Labute approximate surface area is 94.8 Å². The Morgan fingerprint density at radius 3 is 3.19 bits per heavy atom. The van der Waals surface area contributed by atoms with Crippen LogP contribution in [0.4, 0.5) is 0 Å². The third kappa shape index (κ3) is 1.20. The predicted octanol–water partition coefficient (Wildman–Crippen LogP) is 2.07. The maximum absolute atomic E-state index is 12.1. The average Bonchev–Trinajstić information content (AvgIpc) is 2.70. The summed E-state index contributed by atoms with van der Waals surface area (Å²) in [5, 5.41) is 0. The van der Waals surface area contributed by atoms with Gasteiger partial charge in [-0.2, -0.15) is 0 Å². The second kappa shape index (κ2) is 3.58. The number of rotatable bonds is 1. The number of carbonyl (C=O) groups is 1. The standard InChI is InChI=1S/C13H15NO2/c15-12-13(10-5-3-7-14-8-10)6-2-1-4-11(13)9-16-12/h3,5,7-8,11H,1-2,4,6,9H2/t11-,13+/m0/s1. The summed E-state index contributed by atoms with van der Waals surface area (Å²) in [6, 6.07) is 3.92. The van der Waals surface area contributed by atoms with E-state index < -0.39 is 0 Å². The molecule has 0 amide bonds. The molecule has 0 aromatic carbocycles. The average molecular weight is 217 g/mol. The van der Waals surface area contributed by atoms with Crippen LogP contribution in [-0.4, -0.2) is 17.6 Å². The van der Waals surface area contributed by atoms with Gasteiger partial charge in [0.1, 0.15) is 5.41 Å². The summed E-state index contributed by atoms with van der Waals surface area (Å²) in [6.07, 6.45) is 7.91. The van der Waals surface area contributed by atoms with Crippen molar-refractivity contribution in [1.82, 2.24) is 4.98 Å². The van der Waals surface area contributed by atoms with Gasteiger partial charge in [0.25, 0.3) is 0 Å². The molecular weight excluding hydrogens is 202 g/mol. The lowest BCUT2D eigenvalue weighted by Gasteiger charge is -2.35. The number of nitrogens with zero attached hydrogens (tertiary/aromatic N) is 1. The Bertz CT molecular complexity index is 404. The fraction of sp³-hybridized carbons (Fsp3) is 0.538. The van der Waals surface area contributed by atoms with Crippen molar-refractivity contribution >= 4 is 5.97 Å². The lowest BCUT2D eigenvalue weighted by Crippen LogP contribution is -2.40. The summed E-state index contributed by atoms with van der Waals surface area (Å²) in [6.45, 7) is 0.591. The summed E-state index contributed by atoms with van der Waals surface area (Å²) in [5.74, 6) is 0.322. The molecule has 0 unspecified atom stereocenters. The summed E-state index contributed by atoms with van der Waals surface area (Å²) < 4.78 is 5.29. The van der Waals surface area contributed by atoms with Gasteiger partial charge in [0.2, 0.25) is 0 Å². The van der Waals surface area contributed by atoms with Crippen molar-refractivity contribution in [3.8, 4) is 0 Å². The van der Waals surface area contributed by atoms with Gasteiger partial charge in [0.05, 0.1) is 6.61 Å². The molecule has 0 spiro atoms. The fourth-order valence-electron chi connectivity index (χ4n) is 3.17. The van der Waals surface area contributed by atoms with Gasteiger partial charge in [-0.15, -0.1) is 0 Å². The summed E-state index contributed by atoms with van der Waals surface area (Å²) >= 11 is 0. The number of cyclic esters (lactones) is 1. The van der Waals surface area contributed by atoms with Crippen molar-refractivity contribution in [2.75, 3.05) is 6.61 Å². The van der Waals surface area contributed by atoms with Gasteiger partial charge < -0.3 is 4.74 Å². The van der Waals surface area contributed by atoms with Crippen LogP contribution in [0.15, 0.2) is 24.5 Å². The van der Waals surface area contributed by atoms with E-state index in [1.54, 1.807) is 6.20 Å². The molecule has 3 heteroatoms. The number of esters is 1. The second-order valence-corrected chi connectivity index (χ2v) is 4.75. The number of carbonyl (C=O) groups excluding carboxylic acids is 1. The Hall–Kier alpha value is -1.38. The first-order chi connectivity index (χ1) is 7.84. The zero-order valence-corrected chi connectivity index (χ0v) is 9.19. The molecule has 1 saturated carbocycles. The van der Waals surface area contributed by atoms with Crippen LogP contribution in [0.2, 0.25) is 0 Å². The lowest BCUT2D eigenvalue weighted by molar-refractivity contribution is -0.143. The minimum Gasteiger partial charge on any atom is -0.465 e. The fourth-order valence-corrected chi connectivity index (χ4v) is 3.17. The number of ether oxygens (including phenoxy) is 1. The largest absolute Gasteiger partial charge is 0.465 e. The highest BCUT2D eigenvalue weighted by Crippen LogP contribution is 2.48. The number of hydrogen-bond donors (Lipinski definition) is 0. The highest BCUT2D eigenvalue weighted by Gasteiger charge is 2.54. The summed E-state index contributed by atoms with van der Waals surface area (Å²) in [5.41, 5.74) is 0.661. The molecule has 2 aliphatic rings. The first kappa shape index (κ1) is 9.82. The van der Waals surface area contributed by atoms with E-state index in [1.165, 1.54) is 6.42 Å². The van der Waals surface area contributed by atoms with Gasteiger partial charge in [0, 0.05) is 18.3 Å². The Balaban J connectivity index is 2.09. The van der Waals surface area contributed by atoms with Crippen molar-refractivity contribution < 1.29 is 9.53 Å². The van der Waals surface area contributed by atoms with Gasteiger partial charge in [-0.25, -0.2) is 0 Å². The summed E-state index contributed by atoms with van der Waals surface area (Å²) in [4.78, 5) is 16.2. The first-order valence-corrected chi connectivity index (χ1v) is 5.92. The van der Waals surface area contributed by atoms with Crippen LogP contribution in [0.25, 0.3) is 0 Å². The van der Waals surface area contributed by atoms with E-state index in [1.807, 2.05) is 18.3 Å². The van der Waals surface area contributed by atoms with Crippen LogP contribution >= 0.6 is 0 Å². The number of aromatic nitrogens is 1. The highest BCUT2D eigenvalue weighted by atomic mass is 16.5. The topological polar surface area (TPSA) is 39.2 Å². The van der Waals surface area contributed by atoms with Crippen LogP contribution in [0.5, 0.6) is 0 Å². The van der Waals surface area contributed by atoms with Crippen molar-refractivity contribution in [2.45, 2.75) is 31.1 Å². The van der Waals surface area contributed by atoms with Gasteiger partial charge in [-0.3, -0.25) is 9.78 Å². The third-order valence-electron chi connectivity index (χ3n) is 4.03. The lowest BCUT2D eigenvalue weighted by atomic mass is 9.64. The summed E-state index contributed by atoms with van der Waals surface area (Å²) in [7, 11) is 0. The number of fused-ring (bicyclic) bond motifs is 1. The first-order valence-electron chi connectivity index (χ1n) is 5.92. The molecule has 1 aromatic rings. The molecule has 1 aliphatic heterocycles. The van der Waals surface area contributed by atoms with Crippen LogP contribution in [-0.2, 0) is 14.9 Å². The zero-order valence-electron chi connectivity index (χ0n) is 9.19. The molecule has 3 rings (SSSR count). The normalized spacial score (nSPS) is 33.2. The van der Waals surface area contributed by atoms with Gasteiger partial charge >= 0.3 is 5.97 Å². The molecule has 16 heavy (non-hydrogen) atoms. The van der Waals surface area contributed by atoms with Crippen LogP contribution in [0.1, 0.15) is 31.2 Å². The van der Waals surface area contributed by atoms with Crippen molar-refractivity contribution in [1.29, 1.82) is 0 Å². The molecule has 0 N–H and O–H groups in total. The van der Waals surface area contributed by atoms with Crippen molar-refractivity contribution in [3.63, 3.8) is 0 Å². The van der Waals surface area contributed by atoms with Crippen molar-refractivity contribution in [3.05, 3.63) is 30.1 Å². The van der Waals surface area contributed by atoms with E-state index in [9.17, 15) is 4.79 Å². The maximum atomic E-state index is 12.1. The quantitative estimate of drug-likeness (QED) is 0.676. The predicted molar refractivity (Wildman–Crippen MR) is 58.8 cm³/mol. The SMILES string of the molecule is O=C1OC[C@@H]2CCCC[C@]12c1cccnc1. The molecular formula is C13H15NO2. The van der Waals surface area contributed by atoms with E-state index in [0.717, 1.165) is 24.8 Å². The highest BCUT2D eigenvalue weighted by molar-refractivity contribution is 5.85. The van der Waals surface area contributed by atoms with E-state index in [0.29, 0.717) is 12.5 Å². The number of hydrogen-bond acceptors (Lipinski definition) is 3. The van der Waals surface area contributed by atoms with Crippen LogP contribution in [0, 0.1) is 5.92 Å². The molecule has 0 bridgehead atoms. The van der Waals surface area contributed by atoms with E-state index in [2.05, 4.69) is 4.98 Å². The number of pyridine rings is 1. The molecule has 3 nitrogen and oxygen atoms in total. The molecule has 1 saturated heterocycles. The van der Waals surface area contributed by atoms with Gasteiger partial charge in [-0.1, -0.05) is 18.9 Å².